The molecule has 5 rings (SSSR count). The Balaban J connectivity index is 1.33. The number of anilines is 1. The first-order valence-electron chi connectivity index (χ1n) is 15.9. The van der Waals surface area contributed by atoms with Crippen molar-refractivity contribution in [2.24, 2.45) is 17.8 Å². The normalized spacial score (nSPS) is 20.4. The third-order valence-corrected chi connectivity index (χ3v) is 9.33. The predicted octanol–water partition coefficient (Wildman–Crippen LogP) is 2.05. The summed E-state index contributed by atoms with van der Waals surface area (Å²) in [5, 5.41) is 0. The van der Waals surface area contributed by atoms with Crippen LogP contribution in [0, 0.1) is 17.8 Å². The Kier molecular flexibility index (Phi) is 10.8. The second kappa shape index (κ2) is 14.8. The van der Waals surface area contributed by atoms with E-state index in [1.807, 2.05) is 17.9 Å². The highest BCUT2D eigenvalue weighted by Gasteiger charge is 2.60. The molecule has 3 atom stereocenters. The van der Waals surface area contributed by atoms with Gasteiger partial charge < -0.3 is 38.9 Å². The first-order valence-corrected chi connectivity index (χ1v) is 17.7. The summed E-state index contributed by atoms with van der Waals surface area (Å²) in [5.41, 5.74) is 0.498. The predicted molar refractivity (Wildman–Crippen MR) is 169 cm³/mol. The maximum Gasteiger partial charge on any atom is 0.409 e. The molecule has 2 unspecified atom stereocenters. The molecule has 3 fully saturated rings. The number of aromatic nitrogens is 2. The number of hydrogen-bond donors (Lipinski definition) is 2. The first kappa shape index (κ1) is 34.3. The van der Waals surface area contributed by atoms with Crippen LogP contribution >= 0.6 is 7.60 Å². The third kappa shape index (κ3) is 8.45. The number of carbonyl (C=O) groups excluding carboxylic acids is 4. The molecule has 1 aliphatic carbocycles. The van der Waals surface area contributed by atoms with Gasteiger partial charge in [-0.25, -0.2) is 14.8 Å². The van der Waals surface area contributed by atoms with Crippen LogP contribution in [-0.2, 0) is 23.6 Å². The minimum absolute atomic E-state index is 0.103. The molecule has 2 aromatic rings. The largest absolute Gasteiger partial charge is 0.466 e. The van der Waals surface area contributed by atoms with Crippen LogP contribution in [0.2, 0.25) is 0 Å². The molecule has 2 aliphatic heterocycles. The molecule has 254 valence electrons. The van der Waals surface area contributed by atoms with Crippen LogP contribution in [0.25, 0.3) is 11.4 Å². The Morgan fingerprint density at radius 2 is 1.62 bits per heavy atom. The summed E-state index contributed by atoms with van der Waals surface area (Å²) in [6.45, 7) is 5.66. The van der Waals surface area contributed by atoms with Gasteiger partial charge in [0.2, 0.25) is 5.91 Å². The van der Waals surface area contributed by atoms with E-state index < -0.39 is 38.3 Å². The van der Waals surface area contributed by atoms with E-state index in [4.69, 9.17) is 14.5 Å². The van der Waals surface area contributed by atoms with Gasteiger partial charge in [-0.15, -0.1) is 0 Å². The van der Waals surface area contributed by atoms with Gasteiger partial charge >= 0.3 is 19.7 Å². The summed E-state index contributed by atoms with van der Waals surface area (Å²) in [6.07, 6.45) is 0.198. The number of piperidine rings is 1. The fraction of sp³-hybridized carbons (Fsp3) is 0.548. The number of fused-ring (bicyclic) bond motifs is 1. The van der Waals surface area contributed by atoms with Crippen LogP contribution < -0.4 is 4.90 Å². The molecule has 3 heterocycles. The fourth-order valence-electron chi connectivity index (χ4n) is 6.09. The van der Waals surface area contributed by atoms with Crippen molar-refractivity contribution >= 4 is 37.3 Å². The van der Waals surface area contributed by atoms with Gasteiger partial charge in [-0.05, 0) is 25.2 Å². The van der Waals surface area contributed by atoms with Crippen molar-refractivity contribution in [1.29, 1.82) is 0 Å². The summed E-state index contributed by atoms with van der Waals surface area (Å²) in [5.74, 6) is -0.864. The van der Waals surface area contributed by atoms with Crippen molar-refractivity contribution in [3.05, 3.63) is 42.1 Å². The number of amides is 3. The Morgan fingerprint density at radius 1 is 0.957 bits per heavy atom. The van der Waals surface area contributed by atoms with Gasteiger partial charge in [0.15, 0.2) is 5.82 Å². The van der Waals surface area contributed by atoms with E-state index in [1.165, 1.54) is 15.9 Å². The standard InChI is InChI=1S/C31H41N6O9P/c1-3-5-15-46-31(41)35-13-11-34(12-14-35)26(38)19-37(20-47(42,43)44)29(39)24-16-25(33-28(32-24)21-9-7-6-8-10-21)36-17-22-23(18-36)27(22)30(40)45-4-2/h6-10,16,22-23,27H,3-5,11-15,17-20H2,1-2H3,(H2,42,43,44)/t22-,23?,27?/m1/s1. The number of rotatable bonds is 12. The molecule has 1 saturated carbocycles. The van der Waals surface area contributed by atoms with E-state index in [0.717, 1.165) is 17.7 Å². The topological polar surface area (TPSA) is 183 Å². The van der Waals surface area contributed by atoms with Gasteiger partial charge in [0.25, 0.3) is 5.91 Å². The van der Waals surface area contributed by atoms with Crippen molar-refractivity contribution in [3.63, 3.8) is 0 Å². The summed E-state index contributed by atoms with van der Waals surface area (Å²) in [6, 6.07) is 10.4. The van der Waals surface area contributed by atoms with Gasteiger partial charge in [0, 0.05) is 50.9 Å². The van der Waals surface area contributed by atoms with Gasteiger partial charge in [-0.1, -0.05) is 43.7 Å². The zero-order chi connectivity index (χ0) is 33.7. The van der Waals surface area contributed by atoms with Crippen molar-refractivity contribution in [2.45, 2.75) is 26.7 Å². The van der Waals surface area contributed by atoms with E-state index in [-0.39, 0.29) is 61.4 Å². The van der Waals surface area contributed by atoms with Gasteiger partial charge in [0.05, 0.1) is 19.1 Å². The molecule has 0 bridgehead atoms. The van der Waals surface area contributed by atoms with E-state index in [1.54, 1.807) is 31.2 Å². The van der Waals surface area contributed by atoms with Crippen molar-refractivity contribution in [3.8, 4) is 11.4 Å². The molecule has 3 aliphatic rings. The molecular weight excluding hydrogens is 631 g/mol. The SMILES string of the molecule is CCCCOC(=O)N1CCN(C(=O)CN(CP(=O)(O)O)C(=O)c2cc(N3CC4C(C(=O)OCC)[C@@H]4C3)nc(-c3ccccc3)n2)CC1. The third-order valence-electron chi connectivity index (χ3n) is 8.62. The number of carbonyl (C=O) groups is 4. The second-order valence-electron chi connectivity index (χ2n) is 12.0. The van der Waals surface area contributed by atoms with Gasteiger partial charge in [-0.3, -0.25) is 18.9 Å². The van der Waals surface area contributed by atoms with E-state index >= 15 is 0 Å². The molecule has 1 aromatic carbocycles. The lowest BCUT2D eigenvalue weighted by molar-refractivity contribution is -0.145. The molecule has 15 nitrogen and oxygen atoms in total. The lowest BCUT2D eigenvalue weighted by Gasteiger charge is -2.35. The molecule has 0 radical (unpaired) electrons. The first-order chi connectivity index (χ1) is 22.5. The van der Waals surface area contributed by atoms with E-state index in [0.29, 0.717) is 37.7 Å². The highest BCUT2D eigenvalue weighted by molar-refractivity contribution is 7.51. The van der Waals surface area contributed by atoms with Crippen molar-refractivity contribution < 1.29 is 43.0 Å². The molecule has 2 N–H and O–H groups in total. The smallest absolute Gasteiger partial charge is 0.409 e. The quantitative estimate of drug-likeness (QED) is 0.190. The Hall–Kier alpha value is -4.07. The number of nitrogens with zero attached hydrogens (tertiary/aromatic N) is 6. The maximum atomic E-state index is 13.9. The Labute approximate surface area is 273 Å². The molecule has 0 spiro atoms. The lowest BCUT2D eigenvalue weighted by Crippen LogP contribution is -2.53. The molecular formula is C31H41N6O9P. The molecule has 2 saturated heterocycles. The zero-order valence-corrected chi connectivity index (χ0v) is 27.5. The summed E-state index contributed by atoms with van der Waals surface area (Å²) in [4.78, 5) is 86.4. The van der Waals surface area contributed by atoms with Crippen LogP contribution in [-0.4, -0.2) is 124 Å². The summed E-state index contributed by atoms with van der Waals surface area (Å²) in [7, 11) is -4.79. The highest BCUT2D eigenvalue weighted by Crippen LogP contribution is 2.53. The van der Waals surface area contributed by atoms with Crippen LogP contribution in [0.15, 0.2) is 36.4 Å². The minimum atomic E-state index is -4.79. The van der Waals surface area contributed by atoms with Crippen LogP contribution in [0.1, 0.15) is 37.2 Å². The molecule has 16 heteroatoms. The van der Waals surface area contributed by atoms with Gasteiger partial charge in [-0.2, -0.15) is 0 Å². The van der Waals surface area contributed by atoms with Gasteiger partial charge in [0.1, 0.15) is 24.3 Å². The average Bonchev–Trinajstić information content (AvgIpc) is 3.56. The average molecular weight is 673 g/mol. The summed E-state index contributed by atoms with van der Waals surface area (Å²) < 4.78 is 22.6. The highest BCUT2D eigenvalue weighted by atomic mass is 31.2. The molecule has 1 aromatic heterocycles. The Morgan fingerprint density at radius 3 is 2.23 bits per heavy atom. The maximum absolute atomic E-state index is 13.9. The second-order valence-corrected chi connectivity index (χ2v) is 13.6. The Bertz CT molecular complexity index is 1500. The zero-order valence-electron chi connectivity index (χ0n) is 26.6. The minimum Gasteiger partial charge on any atom is -0.466 e. The molecule has 47 heavy (non-hydrogen) atoms. The van der Waals surface area contributed by atoms with Crippen molar-refractivity contribution in [1.82, 2.24) is 24.7 Å². The number of piperazine rings is 1. The number of esters is 1. The summed E-state index contributed by atoms with van der Waals surface area (Å²) >= 11 is 0. The number of hydrogen-bond acceptors (Lipinski definition) is 10. The van der Waals surface area contributed by atoms with Crippen LogP contribution in [0.4, 0.5) is 10.6 Å². The molecule has 3 amide bonds. The van der Waals surface area contributed by atoms with Crippen LogP contribution in [0.5, 0.6) is 0 Å². The number of ether oxygens (including phenoxy) is 2. The monoisotopic (exact) mass is 672 g/mol. The van der Waals surface area contributed by atoms with Crippen molar-refractivity contribution in [2.75, 3.05) is 70.2 Å². The number of benzene rings is 1. The fourth-order valence-corrected chi connectivity index (χ4v) is 6.76. The van der Waals surface area contributed by atoms with Crippen LogP contribution in [0.3, 0.4) is 0 Å². The number of unbranched alkanes of at least 4 members (excludes halogenated alkanes) is 1. The van der Waals surface area contributed by atoms with E-state index in [2.05, 4.69) is 4.98 Å². The lowest BCUT2D eigenvalue weighted by atomic mass is 10.2. The van der Waals surface area contributed by atoms with E-state index in [9.17, 15) is 33.5 Å².